The van der Waals surface area contributed by atoms with Crippen molar-refractivity contribution in [2.75, 3.05) is 46.0 Å². The summed E-state index contributed by atoms with van der Waals surface area (Å²) < 4.78 is 16.8. The van der Waals surface area contributed by atoms with Gasteiger partial charge in [0.15, 0.2) is 11.5 Å². The second-order valence-electron chi connectivity index (χ2n) is 5.66. The van der Waals surface area contributed by atoms with Gasteiger partial charge in [-0.3, -0.25) is 4.79 Å². The molecule has 3 rings (SSSR count). The molecule has 0 aliphatic carbocycles. The molecule has 0 spiro atoms. The second-order valence-corrected chi connectivity index (χ2v) is 5.66. The van der Waals surface area contributed by atoms with Crippen LogP contribution in [-0.4, -0.2) is 58.0 Å². The van der Waals surface area contributed by atoms with E-state index in [1.54, 1.807) is 0 Å². The maximum atomic E-state index is 11.9. The Morgan fingerprint density at radius 2 is 2.00 bits per heavy atom. The van der Waals surface area contributed by atoms with Gasteiger partial charge < -0.3 is 24.4 Å². The summed E-state index contributed by atoms with van der Waals surface area (Å²) in [6.45, 7) is 5.37. The Kier molecular flexibility index (Phi) is 5.13. The average molecular weight is 307 g/mol. The van der Waals surface area contributed by atoms with E-state index in [2.05, 4.69) is 5.32 Å². The molecule has 2 aliphatic rings. The van der Waals surface area contributed by atoms with Crippen LogP contribution in [0.1, 0.15) is 6.42 Å². The van der Waals surface area contributed by atoms with E-state index in [0.29, 0.717) is 19.6 Å². The van der Waals surface area contributed by atoms with Crippen LogP contribution in [0.15, 0.2) is 24.3 Å². The van der Waals surface area contributed by atoms with Crippen molar-refractivity contribution in [3.05, 3.63) is 24.3 Å². The molecule has 2 N–H and O–H groups in total. The summed E-state index contributed by atoms with van der Waals surface area (Å²) >= 11 is 0. The number of para-hydroxylation sites is 2. The smallest absolute Gasteiger partial charge is 0.225 e. The van der Waals surface area contributed by atoms with E-state index in [1.807, 2.05) is 24.3 Å². The van der Waals surface area contributed by atoms with Gasteiger partial charge in [0.2, 0.25) is 5.91 Å². The van der Waals surface area contributed by atoms with Crippen LogP contribution in [0.4, 0.5) is 0 Å². The third-order valence-electron chi connectivity index (χ3n) is 4.00. The molecule has 0 unspecified atom stereocenters. The van der Waals surface area contributed by atoms with Crippen LogP contribution in [0.3, 0.4) is 0 Å². The summed E-state index contributed by atoms with van der Waals surface area (Å²) in [5.74, 6) is 1.58. The van der Waals surface area contributed by atoms with Crippen molar-refractivity contribution in [1.82, 2.24) is 5.32 Å². The van der Waals surface area contributed by atoms with Gasteiger partial charge in [-0.05, 0) is 12.1 Å². The van der Waals surface area contributed by atoms with Crippen LogP contribution in [0.2, 0.25) is 0 Å². The summed E-state index contributed by atoms with van der Waals surface area (Å²) in [7, 11) is 0. The van der Waals surface area contributed by atoms with Crippen molar-refractivity contribution in [3.8, 4) is 11.5 Å². The van der Waals surface area contributed by atoms with Crippen LogP contribution in [0.5, 0.6) is 11.5 Å². The predicted molar refractivity (Wildman–Crippen MR) is 80.4 cm³/mol. The number of carbonyl (C=O) groups is 1. The Bertz CT molecular complexity index is 503. The van der Waals surface area contributed by atoms with Crippen LogP contribution in [0, 0.1) is 0 Å². The number of fused-ring (bicyclic) bond motifs is 1. The van der Waals surface area contributed by atoms with E-state index >= 15 is 0 Å². The molecule has 0 saturated carbocycles. The molecule has 1 amide bonds. The number of amides is 1. The maximum absolute atomic E-state index is 11.9. The molecule has 1 atom stereocenters. The highest BCUT2D eigenvalue weighted by Crippen LogP contribution is 2.30. The van der Waals surface area contributed by atoms with Crippen LogP contribution < -0.4 is 19.7 Å². The van der Waals surface area contributed by atoms with Crippen molar-refractivity contribution in [3.63, 3.8) is 0 Å². The lowest BCUT2D eigenvalue weighted by Crippen LogP contribution is -3.14. The third-order valence-corrected chi connectivity index (χ3v) is 4.00. The van der Waals surface area contributed by atoms with Crippen molar-refractivity contribution in [1.29, 1.82) is 0 Å². The van der Waals surface area contributed by atoms with E-state index in [0.717, 1.165) is 44.3 Å². The van der Waals surface area contributed by atoms with Crippen molar-refractivity contribution in [2.24, 2.45) is 0 Å². The van der Waals surface area contributed by atoms with E-state index in [1.165, 1.54) is 4.90 Å². The van der Waals surface area contributed by atoms with Gasteiger partial charge in [0.25, 0.3) is 0 Å². The fourth-order valence-corrected chi connectivity index (χ4v) is 2.68. The number of benzene rings is 1. The zero-order valence-corrected chi connectivity index (χ0v) is 12.7. The topological polar surface area (TPSA) is 61.2 Å². The van der Waals surface area contributed by atoms with Gasteiger partial charge in [0, 0.05) is 0 Å². The van der Waals surface area contributed by atoms with Crippen LogP contribution in [0.25, 0.3) is 0 Å². The molecule has 1 saturated heterocycles. The SMILES string of the molecule is O=C(CC[NH+]1CCOCC1)NC[C@H]1COc2ccccc2O1. The molecule has 2 heterocycles. The highest BCUT2D eigenvalue weighted by atomic mass is 16.6. The lowest BCUT2D eigenvalue weighted by molar-refractivity contribution is -0.907. The lowest BCUT2D eigenvalue weighted by atomic mass is 10.2. The number of hydrogen-bond donors (Lipinski definition) is 2. The minimum Gasteiger partial charge on any atom is -0.486 e. The van der Waals surface area contributed by atoms with E-state index in [4.69, 9.17) is 14.2 Å². The van der Waals surface area contributed by atoms with Crippen LogP contribution >= 0.6 is 0 Å². The fraction of sp³-hybridized carbons (Fsp3) is 0.562. The van der Waals surface area contributed by atoms with Gasteiger partial charge in [0.1, 0.15) is 25.8 Å². The summed E-state index contributed by atoms with van der Waals surface area (Å²) in [5.41, 5.74) is 0. The largest absolute Gasteiger partial charge is 0.486 e. The fourth-order valence-electron chi connectivity index (χ4n) is 2.68. The first-order valence-electron chi connectivity index (χ1n) is 7.88. The lowest BCUT2D eigenvalue weighted by Gasteiger charge is -2.26. The second kappa shape index (κ2) is 7.47. The quantitative estimate of drug-likeness (QED) is 0.751. The number of quaternary nitrogens is 1. The Hall–Kier alpha value is -1.79. The maximum Gasteiger partial charge on any atom is 0.225 e. The Morgan fingerprint density at radius 1 is 1.23 bits per heavy atom. The van der Waals surface area contributed by atoms with Gasteiger partial charge in [-0.1, -0.05) is 12.1 Å². The Balaban J connectivity index is 1.37. The molecule has 1 fully saturated rings. The molecule has 0 radical (unpaired) electrons. The first-order chi connectivity index (χ1) is 10.8. The first-order valence-corrected chi connectivity index (χ1v) is 7.88. The molecule has 6 heteroatoms. The molecule has 1 aromatic rings. The van der Waals surface area contributed by atoms with Gasteiger partial charge >= 0.3 is 0 Å². The van der Waals surface area contributed by atoms with Gasteiger partial charge in [0.05, 0.1) is 32.7 Å². The minimum atomic E-state index is -0.130. The third kappa shape index (κ3) is 4.11. The van der Waals surface area contributed by atoms with Gasteiger partial charge in [-0.25, -0.2) is 0 Å². The summed E-state index contributed by atoms with van der Waals surface area (Å²) in [6.07, 6.45) is 0.411. The van der Waals surface area contributed by atoms with Crippen molar-refractivity contribution in [2.45, 2.75) is 12.5 Å². The molecule has 6 nitrogen and oxygen atoms in total. The molecule has 0 bridgehead atoms. The zero-order valence-electron chi connectivity index (χ0n) is 12.7. The number of rotatable bonds is 5. The highest BCUT2D eigenvalue weighted by Gasteiger charge is 2.21. The zero-order chi connectivity index (χ0) is 15.2. The van der Waals surface area contributed by atoms with E-state index < -0.39 is 0 Å². The molecule has 2 aliphatic heterocycles. The standard InChI is InChI=1S/C16H22N2O4/c19-16(5-6-18-7-9-20-10-8-18)17-11-13-12-21-14-3-1-2-4-15(14)22-13/h1-4,13H,5-12H2,(H,17,19)/p+1/t13-/m0/s1. The van der Waals surface area contributed by atoms with Gasteiger partial charge in [-0.15, -0.1) is 0 Å². The average Bonchev–Trinajstić information content (AvgIpc) is 2.59. The van der Waals surface area contributed by atoms with Crippen molar-refractivity contribution >= 4 is 5.91 Å². The predicted octanol–water partition coefficient (Wildman–Crippen LogP) is -0.752. The molecule has 22 heavy (non-hydrogen) atoms. The Morgan fingerprint density at radius 3 is 2.82 bits per heavy atom. The van der Waals surface area contributed by atoms with Crippen molar-refractivity contribution < 1.29 is 23.9 Å². The number of nitrogens with one attached hydrogen (secondary N) is 2. The first kappa shape index (κ1) is 15.1. The number of carbonyl (C=O) groups excluding carboxylic acids is 1. The molecular formula is C16H23N2O4+. The summed E-state index contributed by atoms with van der Waals surface area (Å²) in [4.78, 5) is 13.4. The van der Waals surface area contributed by atoms with E-state index in [9.17, 15) is 4.79 Å². The summed E-state index contributed by atoms with van der Waals surface area (Å²) in [6, 6.07) is 7.59. The molecular weight excluding hydrogens is 284 g/mol. The minimum absolute atomic E-state index is 0.0708. The van der Waals surface area contributed by atoms with Gasteiger partial charge in [-0.2, -0.15) is 0 Å². The van der Waals surface area contributed by atoms with E-state index in [-0.39, 0.29) is 12.0 Å². The monoisotopic (exact) mass is 307 g/mol. The molecule has 0 aromatic heterocycles. The normalized spacial score (nSPS) is 21.4. The number of ether oxygens (including phenoxy) is 3. The number of hydrogen-bond acceptors (Lipinski definition) is 4. The summed E-state index contributed by atoms with van der Waals surface area (Å²) in [5, 5.41) is 2.93. The molecule has 120 valence electrons. The Labute approximate surface area is 130 Å². The number of morpholine rings is 1. The molecule has 1 aromatic carbocycles. The highest BCUT2D eigenvalue weighted by molar-refractivity contribution is 5.75. The van der Waals surface area contributed by atoms with Crippen LogP contribution in [-0.2, 0) is 9.53 Å².